The van der Waals surface area contributed by atoms with Crippen LogP contribution in [0.15, 0.2) is 42.5 Å². The van der Waals surface area contributed by atoms with Gasteiger partial charge in [-0.05, 0) is 42.3 Å². The number of amides is 2. The van der Waals surface area contributed by atoms with Gasteiger partial charge in [0.1, 0.15) is 18.6 Å². The van der Waals surface area contributed by atoms with Gasteiger partial charge in [0.15, 0.2) is 0 Å². The Kier molecular flexibility index (Phi) is 8.60. The van der Waals surface area contributed by atoms with Gasteiger partial charge in [-0.25, -0.2) is 4.79 Å². The first kappa shape index (κ1) is 22.7. The molecule has 2 aromatic carbocycles. The number of morpholine rings is 1. The first-order valence-corrected chi connectivity index (χ1v) is 10.5. The molecule has 0 aliphatic carbocycles. The second-order valence-corrected chi connectivity index (χ2v) is 7.66. The number of hydrogen-bond donors (Lipinski definition) is 3. The monoisotopic (exact) mass is 453 g/mol. The fraction of sp³-hybridized carbons (Fsp3) is 0.381. The van der Waals surface area contributed by atoms with E-state index in [4.69, 9.17) is 32.7 Å². The minimum Gasteiger partial charge on any atom is -0.489 e. The average Bonchev–Trinajstić information content (AvgIpc) is 2.76. The second-order valence-electron chi connectivity index (χ2n) is 6.84. The molecule has 1 unspecified atom stereocenters. The molecule has 0 bridgehead atoms. The highest BCUT2D eigenvalue weighted by Crippen LogP contribution is 2.24. The minimum absolute atomic E-state index is 0.204. The first-order valence-electron chi connectivity index (χ1n) is 9.73. The molecule has 0 aromatic heterocycles. The molecule has 3 rings (SSSR count). The van der Waals surface area contributed by atoms with Crippen LogP contribution in [0.3, 0.4) is 0 Å². The van der Waals surface area contributed by atoms with Gasteiger partial charge in [0, 0.05) is 25.3 Å². The van der Waals surface area contributed by atoms with Crippen LogP contribution in [0.1, 0.15) is 5.56 Å². The molecule has 0 saturated carbocycles. The van der Waals surface area contributed by atoms with Gasteiger partial charge >= 0.3 is 6.03 Å². The summed E-state index contributed by atoms with van der Waals surface area (Å²) in [4.78, 5) is 13.9. The van der Waals surface area contributed by atoms with E-state index in [1.807, 2.05) is 29.2 Å². The number of anilines is 1. The molecular formula is C21H25Cl2N3O4. The number of hydrogen-bond acceptors (Lipinski definition) is 5. The molecule has 2 amide bonds. The summed E-state index contributed by atoms with van der Waals surface area (Å²) < 4.78 is 10.9. The third-order valence-electron chi connectivity index (χ3n) is 4.67. The molecule has 1 fully saturated rings. The van der Waals surface area contributed by atoms with Crippen LogP contribution in [-0.4, -0.2) is 61.7 Å². The number of aliphatic hydroxyl groups excluding tert-OH is 1. The molecule has 1 aliphatic rings. The lowest BCUT2D eigenvalue weighted by atomic mass is 10.1. The molecule has 0 radical (unpaired) electrons. The Morgan fingerprint density at radius 2 is 1.87 bits per heavy atom. The van der Waals surface area contributed by atoms with E-state index < -0.39 is 6.23 Å². The van der Waals surface area contributed by atoms with Crippen molar-refractivity contribution in [1.82, 2.24) is 10.2 Å². The van der Waals surface area contributed by atoms with Crippen molar-refractivity contribution in [2.75, 3.05) is 44.8 Å². The zero-order valence-corrected chi connectivity index (χ0v) is 18.0. The summed E-state index contributed by atoms with van der Waals surface area (Å²) in [5, 5.41) is 16.5. The minimum atomic E-state index is -0.646. The van der Waals surface area contributed by atoms with Crippen molar-refractivity contribution < 1.29 is 19.4 Å². The lowest BCUT2D eigenvalue weighted by Crippen LogP contribution is -2.46. The predicted octanol–water partition coefficient (Wildman–Crippen LogP) is 3.39. The largest absolute Gasteiger partial charge is 0.489 e. The number of nitrogens with one attached hydrogen (secondary N) is 2. The summed E-state index contributed by atoms with van der Waals surface area (Å²) >= 11 is 11.8. The summed E-state index contributed by atoms with van der Waals surface area (Å²) in [6.07, 6.45) is 0.0256. The van der Waals surface area contributed by atoms with E-state index in [1.165, 1.54) is 0 Å². The molecule has 7 nitrogen and oxygen atoms in total. The molecule has 30 heavy (non-hydrogen) atoms. The molecule has 3 N–H and O–H groups in total. The predicted molar refractivity (Wildman–Crippen MR) is 118 cm³/mol. The first-order chi connectivity index (χ1) is 14.5. The molecule has 162 valence electrons. The fourth-order valence-corrected chi connectivity index (χ4v) is 3.27. The highest BCUT2D eigenvalue weighted by molar-refractivity contribution is 6.42. The maximum absolute atomic E-state index is 12.0. The quantitative estimate of drug-likeness (QED) is 0.570. The number of nitrogens with zero attached hydrogens (tertiary/aromatic N) is 1. The maximum atomic E-state index is 12.0. The van der Waals surface area contributed by atoms with Crippen LogP contribution in [0.4, 0.5) is 10.5 Å². The van der Waals surface area contributed by atoms with Crippen molar-refractivity contribution in [3.05, 3.63) is 58.1 Å². The van der Waals surface area contributed by atoms with Gasteiger partial charge in [-0.1, -0.05) is 35.3 Å². The normalized spacial score (nSPS) is 15.4. The van der Waals surface area contributed by atoms with Gasteiger partial charge in [-0.3, -0.25) is 4.90 Å². The number of urea groups is 1. The summed E-state index contributed by atoms with van der Waals surface area (Å²) in [5.41, 5.74) is 1.63. The Bertz CT molecular complexity index is 830. The highest BCUT2D eigenvalue weighted by Gasteiger charge is 2.18. The Morgan fingerprint density at radius 3 is 2.57 bits per heavy atom. The molecule has 2 aromatic rings. The van der Waals surface area contributed by atoms with Gasteiger partial charge in [-0.2, -0.15) is 0 Å². The highest BCUT2D eigenvalue weighted by atomic mass is 35.5. The number of halogens is 2. The van der Waals surface area contributed by atoms with E-state index in [1.54, 1.807) is 18.2 Å². The molecule has 1 atom stereocenters. The SMILES string of the molecule is O=C(NCCc1ccc(OCC(O)N2CCOCC2)cc1)Nc1ccc(Cl)c(Cl)c1. The van der Waals surface area contributed by atoms with Crippen molar-refractivity contribution in [3.8, 4) is 5.75 Å². The van der Waals surface area contributed by atoms with Crippen LogP contribution in [0.2, 0.25) is 10.0 Å². The lowest BCUT2D eigenvalue weighted by Gasteiger charge is -2.30. The number of benzene rings is 2. The second kappa shape index (κ2) is 11.4. The third kappa shape index (κ3) is 7.04. The summed E-state index contributed by atoms with van der Waals surface area (Å²) in [6.45, 7) is 3.35. The van der Waals surface area contributed by atoms with Crippen molar-refractivity contribution in [2.24, 2.45) is 0 Å². The zero-order chi connectivity index (χ0) is 21.3. The van der Waals surface area contributed by atoms with Crippen molar-refractivity contribution in [1.29, 1.82) is 0 Å². The maximum Gasteiger partial charge on any atom is 0.319 e. The average molecular weight is 454 g/mol. The van der Waals surface area contributed by atoms with E-state index in [0.29, 0.717) is 60.8 Å². The fourth-order valence-electron chi connectivity index (χ4n) is 2.97. The molecule has 1 heterocycles. The molecule has 9 heteroatoms. The number of aliphatic hydroxyl groups is 1. The van der Waals surface area contributed by atoms with Gasteiger partial charge in [0.25, 0.3) is 0 Å². The lowest BCUT2D eigenvalue weighted by molar-refractivity contribution is -0.0752. The van der Waals surface area contributed by atoms with E-state index in [0.717, 1.165) is 5.56 Å². The molecule has 1 saturated heterocycles. The van der Waals surface area contributed by atoms with Gasteiger partial charge in [0.2, 0.25) is 0 Å². The number of carbonyl (C=O) groups is 1. The molecule has 1 aliphatic heterocycles. The van der Waals surface area contributed by atoms with E-state index in [-0.39, 0.29) is 12.6 Å². The van der Waals surface area contributed by atoms with E-state index >= 15 is 0 Å². The number of rotatable bonds is 8. The Balaban J connectivity index is 1.36. The van der Waals surface area contributed by atoms with Crippen LogP contribution in [0.5, 0.6) is 5.75 Å². The Hall–Kier alpha value is -2.03. The molecule has 0 spiro atoms. The van der Waals surface area contributed by atoms with Gasteiger partial charge < -0.3 is 25.2 Å². The third-order valence-corrected chi connectivity index (χ3v) is 5.41. The molecular weight excluding hydrogens is 429 g/mol. The standard InChI is InChI=1S/C21H25Cl2N3O4/c22-18-6-3-16(13-19(18)23)25-21(28)24-8-7-15-1-4-17(5-2-15)30-14-20(27)26-9-11-29-12-10-26/h1-6,13,20,27H,7-12,14H2,(H2,24,25,28). The summed E-state index contributed by atoms with van der Waals surface area (Å²) in [6, 6.07) is 12.2. The van der Waals surface area contributed by atoms with Crippen LogP contribution >= 0.6 is 23.2 Å². The Labute approximate surface area is 185 Å². The van der Waals surface area contributed by atoms with Crippen molar-refractivity contribution in [2.45, 2.75) is 12.6 Å². The summed E-state index contributed by atoms with van der Waals surface area (Å²) in [5.74, 6) is 0.691. The zero-order valence-electron chi connectivity index (χ0n) is 16.4. The Morgan fingerprint density at radius 1 is 1.13 bits per heavy atom. The van der Waals surface area contributed by atoms with Crippen molar-refractivity contribution in [3.63, 3.8) is 0 Å². The van der Waals surface area contributed by atoms with Crippen LogP contribution in [0.25, 0.3) is 0 Å². The number of carbonyl (C=O) groups excluding carboxylic acids is 1. The smallest absolute Gasteiger partial charge is 0.319 e. The summed E-state index contributed by atoms with van der Waals surface area (Å²) in [7, 11) is 0. The van der Waals surface area contributed by atoms with Crippen LogP contribution in [-0.2, 0) is 11.2 Å². The van der Waals surface area contributed by atoms with E-state index in [9.17, 15) is 9.90 Å². The van der Waals surface area contributed by atoms with Crippen molar-refractivity contribution >= 4 is 34.9 Å². The van der Waals surface area contributed by atoms with Crippen LogP contribution < -0.4 is 15.4 Å². The van der Waals surface area contributed by atoms with Gasteiger partial charge in [0.05, 0.1) is 23.3 Å². The van der Waals surface area contributed by atoms with E-state index in [2.05, 4.69) is 10.6 Å². The topological polar surface area (TPSA) is 83.1 Å². The number of ether oxygens (including phenoxy) is 2. The van der Waals surface area contributed by atoms with Crippen LogP contribution in [0, 0.1) is 0 Å². The van der Waals surface area contributed by atoms with Gasteiger partial charge in [-0.15, -0.1) is 0 Å².